The Kier molecular flexibility index (Phi) is 6.06. The molecule has 142 valence electrons. The van der Waals surface area contributed by atoms with Crippen molar-refractivity contribution in [2.45, 2.75) is 19.8 Å². The van der Waals surface area contributed by atoms with Crippen LogP contribution in [0, 0.1) is 0 Å². The smallest absolute Gasteiger partial charge is 0.257 e. The molecule has 0 bridgehead atoms. The number of nitrogens with one attached hydrogen (secondary N) is 2. The Morgan fingerprint density at radius 3 is 2.11 bits per heavy atom. The van der Waals surface area contributed by atoms with Gasteiger partial charge in [0, 0.05) is 18.1 Å². The fraction of sp³-hybridized carbons (Fsp3) is 0.136. The quantitative estimate of drug-likeness (QED) is 0.612. The molecule has 28 heavy (non-hydrogen) atoms. The first-order chi connectivity index (χ1) is 13.4. The van der Waals surface area contributed by atoms with Gasteiger partial charge in [0.05, 0.1) is 21.8 Å². The maximum atomic E-state index is 12.5. The van der Waals surface area contributed by atoms with Crippen LogP contribution >= 0.6 is 11.6 Å². The molecule has 5 nitrogen and oxygen atoms in total. The Hall–Kier alpha value is -3.18. The van der Waals surface area contributed by atoms with Crippen LogP contribution in [0.5, 0.6) is 0 Å². The van der Waals surface area contributed by atoms with Crippen molar-refractivity contribution in [2.75, 3.05) is 10.6 Å². The van der Waals surface area contributed by atoms with Gasteiger partial charge in [0.2, 0.25) is 0 Å². The lowest BCUT2D eigenvalue weighted by molar-refractivity contribution is 0.102. The first kappa shape index (κ1) is 19.6. The summed E-state index contributed by atoms with van der Waals surface area (Å²) in [5.41, 5.74) is 2.93. The molecule has 6 heteroatoms. The Bertz CT molecular complexity index is 1000. The largest absolute Gasteiger partial charge is 0.322 e. The summed E-state index contributed by atoms with van der Waals surface area (Å²) in [6, 6.07) is 16.1. The summed E-state index contributed by atoms with van der Waals surface area (Å²) >= 11 is 6.06. The van der Waals surface area contributed by atoms with Gasteiger partial charge in [-0.15, -0.1) is 0 Å². The van der Waals surface area contributed by atoms with E-state index in [0.717, 1.165) is 0 Å². The van der Waals surface area contributed by atoms with Crippen LogP contribution in [-0.4, -0.2) is 16.8 Å². The van der Waals surface area contributed by atoms with Crippen LogP contribution in [0.25, 0.3) is 0 Å². The minimum absolute atomic E-state index is 0.266. The summed E-state index contributed by atoms with van der Waals surface area (Å²) in [4.78, 5) is 29.0. The molecule has 0 radical (unpaired) electrons. The number of rotatable bonds is 5. The molecule has 2 aromatic carbocycles. The highest BCUT2D eigenvalue weighted by Gasteiger charge is 2.13. The average molecular weight is 394 g/mol. The van der Waals surface area contributed by atoms with Gasteiger partial charge in [-0.1, -0.05) is 49.7 Å². The summed E-state index contributed by atoms with van der Waals surface area (Å²) in [7, 11) is 0. The minimum atomic E-state index is -0.392. The lowest BCUT2D eigenvalue weighted by Gasteiger charge is -2.10. The Labute approximate surface area is 168 Å². The Balaban J connectivity index is 1.72. The van der Waals surface area contributed by atoms with Gasteiger partial charge in [0.1, 0.15) is 0 Å². The third kappa shape index (κ3) is 4.75. The molecule has 0 atom stereocenters. The second-order valence-corrected chi connectivity index (χ2v) is 7.03. The first-order valence-electron chi connectivity index (χ1n) is 8.86. The van der Waals surface area contributed by atoms with Crippen LogP contribution in [0.2, 0.25) is 5.02 Å². The molecule has 0 saturated heterocycles. The number of halogens is 1. The number of amides is 2. The number of carbonyl (C=O) groups excluding carboxylic acids is 2. The van der Waals surface area contributed by atoms with E-state index in [0.29, 0.717) is 27.9 Å². The number of benzene rings is 2. The van der Waals surface area contributed by atoms with Crippen LogP contribution in [0.4, 0.5) is 11.4 Å². The van der Waals surface area contributed by atoms with E-state index in [4.69, 9.17) is 11.6 Å². The van der Waals surface area contributed by atoms with E-state index in [1.807, 2.05) is 24.3 Å². The molecule has 0 unspecified atom stereocenters. The number of para-hydroxylation sites is 1. The summed E-state index contributed by atoms with van der Waals surface area (Å²) in [6.07, 6.45) is 2.82. The lowest BCUT2D eigenvalue weighted by Crippen LogP contribution is -2.16. The van der Waals surface area contributed by atoms with Crippen LogP contribution < -0.4 is 10.6 Å². The van der Waals surface area contributed by atoms with E-state index in [-0.39, 0.29) is 11.5 Å². The van der Waals surface area contributed by atoms with Gasteiger partial charge in [-0.05, 0) is 41.8 Å². The number of nitrogens with zero attached hydrogens (tertiary/aromatic N) is 1. The van der Waals surface area contributed by atoms with E-state index in [9.17, 15) is 9.59 Å². The standard InChI is InChI=1S/C22H20ClN3O2/c1-14(2)15-7-9-18(10-8-15)25-21(27)16-11-17(13-24-12-16)22(28)26-20-6-4-3-5-19(20)23/h3-14H,1-2H3,(H,25,27)(H,26,28). The zero-order valence-electron chi connectivity index (χ0n) is 15.6. The van der Waals surface area contributed by atoms with Gasteiger partial charge in [-0.2, -0.15) is 0 Å². The molecule has 0 fully saturated rings. The molecule has 1 aromatic heterocycles. The Morgan fingerprint density at radius 1 is 0.893 bits per heavy atom. The highest BCUT2D eigenvalue weighted by Crippen LogP contribution is 2.21. The van der Waals surface area contributed by atoms with Crippen LogP contribution in [0.15, 0.2) is 67.0 Å². The number of aromatic nitrogens is 1. The number of anilines is 2. The zero-order chi connectivity index (χ0) is 20.1. The number of carbonyl (C=O) groups is 2. The highest BCUT2D eigenvalue weighted by atomic mass is 35.5. The summed E-state index contributed by atoms with van der Waals surface area (Å²) in [5, 5.41) is 5.97. The Morgan fingerprint density at radius 2 is 1.50 bits per heavy atom. The molecule has 1 heterocycles. The molecule has 0 saturated carbocycles. The van der Waals surface area contributed by atoms with Gasteiger partial charge >= 0.3 is 0 Å². The van der Waals surface area contributed by atoms with Crippen LogP contribution in [-0.2, 0) is 0 Å². The zero-order valence-corrected chi connectivity index (χ0v) is 16.3. The predicted molar refractivity (Wildman–Crippen MR) is 112 cm³/mol. The fourth-order valence-electron chi connectivity index (χ4n) is 2.60. The monoisotopic (exact) mass is 393 g/mol. The van der Waals surface area contributed by atoms with E-state index in [1.165, 1.54) is 24.0 Å². The van der Waals surface area contributed by atoms with E-state index in [2.05, 4.69) is 29.5 Å². The topological polar surface area (TPSA) is 71.1 Å². The van der Waals surface area contributed by atoms with Crippen molar-refractivity contribution < 1.29 is 9.59 Å². The molecule has 0 spiro atoms. The SMILES string of the molecule is CC(C)c1ccc(NC(=O)c2cncc(C(=O)Nc3ccccc3Cl)c2)cc1. The molecule has 0 aliphatic carbocycles. The fourth-order valence-corrected chi connectivity index (χ4v) is 2.78. The van der Waals surface area contributed by atoms with Crippen molar-refractivity contribution in [3.05, 3.63) is 88.7 Å². The van der Waals surface area contributed by atoms with Crippen molar-refractivity contribution in [3.63, 3.8) is 0 Å². The van der Waals surface area contributed by atoms with Crippen molar-refractivity contribution in [1.29, 1.82) is 0 Å². The second kappa shape index (κ2) is 8.67. The third-order valence-corrected chi connectivity index (χ3v) is 4.55. The molecular formula is C22H20ClN3O2. The van der Waals surface area contributed by atoms with Gasteiger partial charge in [-0.25, -0.2) is 0 Å². The number of hydrogen-bond acceptors (Lipinski definition) is 3. The predicted octanol–water partition coefficient (Wildman–Crippen LogP) is 5.36. The van der Waals surface area contributed by atoms with E-state index >= 15 is 0 Å². The number of pyridine rings is 1. The molecule has 3 aromatic rings. The van der Waals surface area contributed by atoms with Crippen LogP contribution in [0.1, 0.15) is 46.0 Å². The van der Waals surface area contributed by atoms with Gasteiger partial charge < -0.3 is 10.6 Å². The minimum Gasteiger partial charge on any atom is -0.322 e. The number of hydrogen-bond donors (Lipinski definition) is 2. The van der Waals surface area contributed by atoms with E-state index in [1.54, 1.807) is 24.3 Å². The van der Waals surface area contributed by atoms with Crippen molar-refractivity contribution in [1.82, 2.24) is 4.98 Å². The maximum absolute atomic E-state index is 12.5. The van der Waals surface area contributed by atoms with Gasteiger partial charge in [-0.3, -0.25) is 14.6 Å². The normalized spacial score (nSPS) is 10.6. The van der Waals surface area contributed by atoms with E-state index < -0.39 is 5.91 Å². The summed E-state index contributed by atoms with van der Waals surface area (Å²) in [5.74, 6) is -0.309. The van der Waals surface area contributed by atoms with Gasteiger partial charge in [0.15, 0.2) is 0 Å². The molecule has 0 aliphatic heterocycles. The van der Waals surface area contributed by atoms with Crippen molar-refractivity contribution in [3.8, 4) is 0 Å². The maximum Gasteiger partial charge on any atom is 0.257 e. The van der Waals surface area contributed by atoms with Crippen LogP contribution in [0.3, 0.4) is 0 Å². The lowest BCUT2D eigenvalue weighted by atomic mass is 10.0. The molecular weight excluding hydrogens is 374 g/mol. The second-order valence-electron chi connectivity index (χ2n) is 6.63. The average Bonchev–Trinajstić information content (AvgIpc) is 2.70. The molecule has 3 rings (SSSR count). The molecule has 2 N–H and O–H groups in total. The summed E-state index contributed by atoms with van der Waals surface area (Å²) in [6.45, 7) is 4.22. The van der Waals surface area contributed by atoms with Crippen molar-refractivity contribution in [2.24, 2.45) is 0 Å². The third-order valence-electron chi connectivity index (χ3n) is 4.22. The first-order valence-corrected chi connectivity index (χ1v) is 9.24. The highest BCUT2D eigenvalue weighted by molar-refractivity contribution is 6.33. The van der Waals surface area contributed by atoms with Crippen molar-refractivity contribution >= 4 is 34.8 Å². The van der Waals surface area contributed by atoms with Gasteiger partial charge in [0.25, 0.3) is 11.8 Å². The molecule has 0 aliphatic rings. The molecule has 2 amide bonds. The summed E-state index contributed by atoms with van der Waals surface area (Å²) < 4.78 is 0.